The molecule has 1 saturated carbocycles. The van der Waals surface area contributed by atoms with Crippen LogP contribution in [0.2, 0.25) is 0 Å². The Morgan fingerprint density at radius 3 is 2.56 bits per heavy atom. The van der Waals surface area contributed by atoms with Gasteiger partial charge in [0, 0.05) is 24.4 Å². The van der Waals surface area contributed by atoms with Crippen molar-refractivity contribution in [1.82, 2.24) is 5.32 Å². The van der Waals surface area contributed by atoms with Gasteiger partial charge in [-0.2, -0.15) is 0 Å². The standard InChI is InChI=1S/C12H26N2O3S/c1-9(7-10(2)15)14-12(8-13)6-4-5-11(12)18(3,16)17/h9-11,14-15H,4-8,13H2,1-3H3. The number of nitrogens with one attached hydrogen (secondary N) is 1. The van der Waals surface area contributed by atoms with Gasteiger partial charge >= 0.3 is 0 Å². The monoisotopic (exact) mass is 278 g/mol. The summed E-state index contributed by atoms with van der Waals surface area (Å²) in [4.78, 5) is 0. The van der Waals surface area contributed by atoms with Crippen molar-refractivity contribution in [1.29, 1.82) is 0 Å². The molecule has 0 aliphatic heterocycles. The van der Waals surface area contributed by atoms with E-state index in [1.807, 2.05) is 6.92 Å². The molecule has 0 bridgehead atoms. The van der Waals surface area contributed by atoms with Crippen LogP contribution in [0.4, 0.5) is 0 Å². The number of aliphatic hydroxyl groups is 1. The van der Waals surface area contributed by atoms with Gasteiger partial charge in [-0.3, -0.25) is 0 Å². The molecule has 4 unspecified atom stereocenters. The lowest BCUT2D eigenvalue weighted by Crippen LogP contribution is -2.61. The van der Waals surface area contributed by atoms with Gasteiger partial charge in [0.1, 0.15) is 0 Å². The van der Waals surface area contributed by atoms with E-state index in [1.54, 1.807) is 6.92 Å². The predicted molar refractivity (Wildman–Crippen MR) is 73.2 cm³/mol. The van der Waals surface area contributed by atoms with E-state index in [0.717, 1.165) is 12.8 Å². The van der Waals surface area contributed by atoms with Crippen LogP contribution >= 0.6 is 0 Å². The maximum atomic E-state index is 11.9. The summed E-state index contributed by atoms with van der Waals surface area (Å²) in [5.41, 5.74) is 5.32. The zero-order valence-corrected chi connectivity index (χ0v) is 12.3. The van der Waals surface area contributed by atoms with Crippen molar-refractivity contribution in [2.24, 2.45) is 5.73 Å². The van der Waals surface area contributed by atoms with Gasteiger partial charge in [-0.15, -0.1) is 0 Å². The SMILES string of the molecule is CC(O)CC(C)NC1(CN)CCCC1S(C)(=O)=O. The molecule has 18 heavy (non-hydrogen) atoms. The van der Waals surface area contributed by atoms with E-state index >= 15 is 0 Å². The Balaban J connectivity index is 2.84. The zero-order valence-electron chi connectivity index (χ0n) is 11.5. The van der Waals surface area contributed by atoms with E-state index in [4.69, 9.17) is 5.73 Å². The van der Waals surface area contributed by atoms with Crippen LogP contribution in [0, 0.1) is 0 Å². The van der Waals surface area contributed by atoms with Crippen LogP contribution in [0.1, 0.15) is 39.5 Å². The van der Waals surface area contributed by atoms with Crippen LogP contribution in [0.15, 0.2) is 0 Å². The highest BCUT2D eigenvalue weighted by Gasteiger charge is 2.47. The van der Waals surface area contributed by atoms with Crippen molar-refractivity contribution in [2.75, 3.05) is 12.8 Å². The molecule has 6 heteroatoms. The predicted octanol–water partition coefficient (Wildman–Crippen LogP) is 0.0300. The fraction of sp³-hybridized carbons (Fsp3) is 1.00. The van der Waals surface area contributed by atoms with E-state index in [-0.39, 0.29) is 6.04 Å². The number of sulfone groups is 1. The first-order valence-corrected chi connectivity index (χ1v) is 8.51. The number of hydrogen-bond acceptors (Lipinski definition) is 5. The normalized spacial score (nSPS) is 32.4. The topological polar surface area (TPSA) is 92.4 Å². The summed E-state index contributed by atoms with van der Waals surface area (Å²) in [5, 5.41) is 12.3. The second kappa shape index (κ2) is 5.86. The molecule has 1 rings (SSSR count). The summed E-state index contributed by atoms with van der Waals surface area (Å²) in [6.07, 6.45) is 3.81. The van der Waals surface area contributed by atoms with Crippen molar-refractivity contribution >= 4 is 9.84 Å². The summed E-state index contributed by atoms with van der Waals surface area (Å²) in [7, 11) is -3.10. The minimum absolute atomic E-state index is 0.0518. The minimum Gasteiger partial charge on any atom is -0.393 e. The highest BCUT2D eigenvalue weighted by atomic mass is 32.2. The van der Waals surface area contributed by atoms with Gasteiger partial charge in [0.25, 0.3) is 0 Å². The molecule has 0 saturated heterocycles. The molecule has 1 fully saturated rings. The molecule has 1 aliphatic carbocycles. The number of rotatable bonds is 6. The molecular formula is C12H26N2O3S. The molecule has 0 heterocycles. The molecule has 5 nitrogen and oxygen atoms in total. The Labute approximate surface area is 110 Å². The molecule has 0 aromatic heterocycles. The van der Waals surface area contributed by atoms with Gasteiger partial charge in [0.2, 0.25) is 0 Å². The smallest absolute Gasteiger partial charge is 0.152 e. The third-order valence-corrected chi connectivity index (χ3v) is 5.54. The molecular weight excluding hydrogens is 252 g/mol. The van der Waals surface area contributed by atoms with Gasteiger partial charge in [-0.1, -0.05) is 6.42 Å². The van der Waals surface area contributed by atoms with Crippen molar-refractivity contribution in [2.45, 2.75) is 62.5 Å². The minimum atomic E-state index is -3.10. The van der Waals surface area contributed by atoms with Crippen LogP contribution in [0.3, 0.4) is 0 Å². The summed E-state index contributed by atoms with van der Waals surface area (Å²) in [5.74, 6) is 0. The molecule has 0 amide bonds. The first kappa shape index (κ1) is 15.9. The molecule has 0 radical (unpaired) electrons. The van der Waals surface area contributed by atoms with Crippen LogP contribution in [0.5, 0.6) is 0 Å². The number of aliphatic hydroxyl groups excluding tert-OH is 1. The average Bonchev–Trinajstić information content (AvgIpc) is 2.60. The lowest BCUT2D eigenvalue weighted by molar-refractivity contribution is 0.159. The van der Waals surface area contributed by atoms with Crippen molar-refractivity contribution < 1.29 is 13.5 Å². The van der Waals surface area contributed by atoms with Crippen LogP contribution < -0.4 is 11.1 Å². The van der Waals surface area contributed by atoms with Crippen molar-refractivity contribution in [3.8, 4) is 0 Å². The zero-order chi connectivity index (χ0) is 14.0. The summed E-state index contributed by atoms with van der Waals surface area (Å²) in [6.45, 7) is 4.01. The van der Waals surface area contributed by atoms with Gasteiger partial charge in [0.15, 0.2) is 9.84 Å². The molecule has 4 N–H and O–H groups in total. The molecule has 0 aromatic carbocycles. The second-order valence-electron chi connectivity index (χ2n) is 5.70. The van der Waals surface area contributed by atoms with Crippen LogP contribution in [-0.4, -0.2) is 49.3 Å². The highest BCUT2D eigenvalue weighted by Crippen LogP contribution is 2.34. The van der Waals surface area contributed by atoms with Gasteiger partial charge < -0.3 is 16.2 Å². The summed E-state index contributed by atoms with van der Waals surface area (Å²) >= 11 is 0. The fourth-order valence-corrected chi connectivity index (χ4v) is 4.88. The first-order valence-electron chi connectivity index (χ1n) is 6.56. The Hall–Kier alpha value is -0.170. The van der Waals surface area contributed by atoms with E-state index < -0.39 is 26.7 Å². The van der Waals surface area contributed by atoms with E-state index in [9.17, 15) is 13.5 Å². The summed E-state index contributed by atoms with van der Waals surface area (Å²) in [6, 6.07) is 0.0518. The Kier molecular flexibility index (Phi) is 5.17. The summed E-state index contributed by atoms with van der Waals surface area (Å²) < 4.78 is 23.7. The number of hydrogen-bond donors (Lipinski definition) is 3. The Bertz CT molecular complexity index is 370. The number of nitrogens with two attached hydrogens (primary N) is 1. The van der Waals surface area contributed by atoms with E-state index in [0.29, 0.717) is 19.4 Å². The fourth-order valence-electron chi connectivity index (χ4n) is 3.18. The Morgan fingerprint density at radius 1 is 1.50 bits per heavy atom. The van der Waals surface area contributed by atoms with Crippen LogP contribution in [0.25, 0.3) is 0 Å². The largest absolute Gasteiger partial charge is 0.393 e. The molecule has 0 spiro atoms. The molecule has 1 aliphatic rings. The van der Waals surface area contributed by atoms with Crippen LogP contribution in [-0.2, 0) is 9.84 Å². The first-order chi connectivity index (χ1) is 8.21. The van der Waals surface area contributed by atoms with E-state index in [1.165, 1.54) is 6.26 Å². The average molecular weight is 278 g/mol. The maximum Gasteiger partial charge on any atom is 0.152 e. The molecule has 4 atom stereocenters. The van der Waals surface area contributed by atoms with Crippen molar-refractivity contribution in [3.05, 3.63) is 0 Å². The van der Waals surface area contributed by atoms with Gasteiger partial charge in [-0.05, 0) is 33.1 Å². The van der Waals surface area contributed by atoms with E-state index in [2.05, 4.69) is 5.32 Å². The third kappa shape index (κ3) is 3.66. The quantitative estimate of drug-likeness (QED) is 0.637. The van der Waals surface area contributed by atoms with Gasteiger partial charge in [-0.25, -0.2) is 8.42 Å². The molecule has 0 aromatic rings. The van der Waals surface area contributed by atoms with Crippen molar-refractivity contribution in [3.63, 3.8) is 0 Å². The Morgan fingerprint density at radius 2 is 2.11 bits per heavy atom. The highest BCUT2D eigenvalue weighted by molar-refractivity contribution is 7.91. The maximum absolute atomic E-state index is 11.9. The van der Waals surface area contributed by atoms with Gasteiger partial charge in [0.05, 0.1) is 11.4 Å². The third-order valence-electron chi connectivity index (χ3n) is 3.82. The molecule has 108 valence electrons. The second-order valence-corrected chi connectivity index (χ2v) is 7.93. The lowest BCUT2D eigenvalue weighted by Gasteiger charge is -2.37. The lowest BCUT2D eigenvalue weighted by atomic mass is 9.95.